The SMILES string of the molecule is COc1ccccc1-c1cc(Nc2cccc(C(N3CCCCCC3)S(=O)O)c2)ncn1. The number of hydrogen-bond acceptors (Lipinski definition) is 6. The molecule has 32 heavy (non-hydrogen) atoms. The molecule has 0 bridgehead atoms. The molecule has 1 saturated heterocycles. The van der Waals surface area contributed by atoms with Gasteiger partial charge in [0.25, 0.3) is 0 Å². The van der Waals surface area contributed by atoms with Crippen molar-refractivity contribution in [2.75, 3.05) is 25.5 Å². The third kappa shape index (κ3) is 5.32. The molecule has 3 aromatic rings. The molecule has 7 nitrogen and oxygen atoms in total. The van der Waals surface area contributed by atoms with Crippen molar-refractivity contribution in [3.63, 3.8) is 0 Å². The summed E-state index contributed by atoms with van der Waals surface area (Å²) in [6.45, 7) is 1.67. The Kier molecular flexibility index (Phi) is 7.47. The summed E-state index contributed by atoms with van der Waals surface area (Å²) in [6.07, 6.45) is 5.96. The second-order valence-corrected chi connectivity index (χ2v) is 8.82. The van der Waals surface area contributed by atoms with E-state index >= 15 is 0 Å². The molecule has 1 aromatic heterocycles. The second-order valence-electron chi connectivity index (χ2n) is 7.82. The molecule has 1 fully saturated rings. The van der Waals surface area contributed by atoms with Gasteiger partial charge >= 0.3 is 0 Å². The van der Waals surface area contributed by atoms with Crippen LogP contribution < -0.4 is 10.1 Å². The zero-order chi connectivity index (χ0) is 22.3. The molecule has 2 unspecified atom stereocenters. The average molecular weight is 453 g/mol. The van der Waals surface area contributed by atoms with Crippen LogP contribution in [0.25, 0.3) is 11.3 Å². The molecule has 1 aliphatic heterocycles. The lowest BCUT2D eigenvalue weighted by atomic mass is 10.1. The molecule has 2 atom stereocenters. The predicted octanol–water partition coefficient (Wildman–Crippen LogP) is 4.99. The summed E-state index contributed by atoms with van der Waals surface area (Å²) in [4.78, 5) is 10.9. The van der Waals surface area contributed by atoms with Gasteiger partial charge in [-0.05, 0) is 55.8 Å². The number of methoxy groups -OCH3 is 1. The van der Waals surface area contributed by atoms with Gasteiger partial charge in [-0.3, -0.25) is 4.90 Å². The van der Waals surface area contributed by atoms with Crippen LogP contribution in [0.1, 0.15) is 36.6 Å². The van der Waals surface area contributed by atoms with E-state index in [0.717, 1.165) is 54.2 Å². The fourth-order valence-corrected chi connectivity index (χ4v) is 4.98. The molecule has 0 saturated carbocycles. The van der Waals surface area contributed by atoms with Crippen LogP contribution in [0.5, 0.6) is 5.75 Å². The molecule has 1 aliphatic rings. The third-order valence-electron chi connectivity index (χ3n) is 5.66. The molecule has 0 radical (unpaired) electrons. The monoisotopic (exact) mass is 452 g/mol. The number of anilines is 2. The summed E-state index contributed by atoms with van der Waals surface area (Å²) < 4.78 is 27.8. The van der Waals surface area contributed by atoms with E-state index in [1.807, 2.05) is 54.6 Å². The lowest BCUT2D eigenvalue weighted by molar-refractivity contribution is 0.256. The van der Waals surface area contributed by atoms with Gasteiger partial charge in [-0.2, -0.15) is 0 Å². The number of benzene rings is 2. The highest BCUT2D eigenvalue weighted by atomic mass is 32.2. The number of rotatable bonds is 7. The van der Waals surface area contributed by atoms with Gasteiger partial charge in [0.05, 0.1) is 12.8 Å². The van der Waals surface area contributed by atoms with Crippen LogP contribution in [0.3, 0.4) is 0 Å². The first-order valence-electron chi connectivity index (χ1n) is 10.8. The quantitative estimate of drug-likeness (QED) is 0.488. The largest absolute Gasteiger partial charge is 0.496 e. The van der Waals surface area contributed by atoms with Crippen molar-refractivity contribution in [3.8, 4) is 17.0 Å². The Morgan fingerprint density at radius 3 is 2.56 bits per heavy atom. The highest BCUT2D eigenvalue weighted by Crippen LogP contribution is 2.31. The van der Waals surface area contributed by atoms with Gasteiger partial charge in [-0.25, -0.2) is 14.2 Å². The summed E-state index contributed by atoms with van der Waals surface area (Å²) in [7, 11) is 1.64. The fourth-order valence-electron chi connectivity index (χ4n) is 4.13. The number of hydrogen-bond donors (Lipinski definition) is 2. The van der Waals surface area contributed by atoms with Crippen molar-refractivity contribution in [1.82, 2.24) is 14.9 Å². The lowest BCUT2D eigenvalue weighted by Crippen LogP contribution is -2.32. The second kappa shape index (κ2) is 10.7. The van der Waals surface area contributed by atoms with E-state index in [1.54, 1.807) is 7.11 Å². The van der Waals surface area contributed by atoms with E-state index < -0.39 is 16.5 Å². The van der Waals surface area contributed by atoms with Crippen molar-refractivity contribution in [2.24, 2.45) is 0 Å². The van der Waals surface area contributed by atoms with E-state index in [9.17, 15) is 8.76 Å². The Hall–Kier alpha value is -2.81. The number of para-hydroxylation sites is 1. The van der Waals surface area contributed by atoms with Crippen LogP contribution in [0.15, 0.2) is 60.9 Å². The van der Waals surface area contributed by atoms with Crippen molar-refractivity contribution in [2.45, 2.75) is 31.1 Å². The summed E-state index contributed by atoms with van der Waals surface area (Å²) in [6, 6.07) is 17.2. The lowest BCUT2D eigenvalue weighted by Gasteiger charge is -2.28. The number of ether oxygens (including phenoxy) is 1. The maximum atomic E-state index is 12.3. The molecule has 2 heterocycles. The average Bonchev–Trinajstić information content (AvgIpc) is 3.09. The Balaban J connectivity index is 1.58. The molecule has 8 heteroatoms. The molecule has 0 amide bonds. The molecular weight excluding hydrogens is 424 g/mol. The number of nitrogens with zero attached hydrogens (tertiary/aromatic N) is 3. The van der Waals surface area contributed by atoms with Crippen LogP contribution >= 0.6 is 0 Å². The Morgan fingerprint density at radius 1 is 1.03 bits per heavy atom. The zero-order valence-corrected chi connectivity index (χ0v) is 18.9. The van der Waals surface area contributed by atoms with Crippen molar-refractivity contribution in [1.29, 1.82) is 0 Å². The van der Waals surface area contributed by atoms with Gasteiger partial charge in [-0.1, -0.05) is 37.1 Å². The predicted molar refractivity (Wildman–Crippen MR) is 127 cm³/mol. The van der Waals surface area contributed by atoms with E-state index in [-0.39, 0.29) is 0 Å². The van der Waals surface area contributed by atoms with Gasteiger partial charge in [0.15, 0.2) is 11.1 Å². The fraction of sp³-hybridized carbons (Fsp3) is 0.333. The topological polar surface area (TPSA) is 87.6 Å². The summed E-state index contributed by atoms with van der Waals surface area (Å²) >= 11 is -1.99. The van der Waals surface area contributed by atoms with Crippen LogP contribution in [-0.4, -0.2) is 43.8 Å². The minimum atomic E-state index is -1.99. The van der Waals surface area contributed by atoms with Gasteiger partial charge in [0.1, 0.15) is 23.3 Å². The Bertz CT molecular complexity index is 1070. The highest BCUT2D eigenvalue weighted by molar-refractivity contribution is 7.79. The smallest absolute Gasteiger partial charge is 0.175 e. The third-order valence-corrected chi connectivity index (χ3v) is 6.61. The number of aromatic nitrogens is 2. The van der Waals surface area contributed by atoms with Crippen LogP contribution in [0, 0.1) is 0 Å². The first kappa shape index (κ1) is 22.4. The highest BCUT2D eigenvalue weighted by Gasteiger charge is 2.26. The van der Waals surface area contributed by atoms with Gasteiger partial charge < -0.3 is 14.6 Å². The van der Waals surface area contributed by atoms with E-state index in [4.69, 9.17) is 4.74 Å². The van der Waals surface area contributed by atoms with Crippen molar-refractivity contribution < 1.29 is 13.5 Å². The Labute approximate surface area is 191 Å². The normalized spacial score (nSPS) is 16.7. The molecule has 2 aromatic carbocycles. The van der Waals surface area contributed by atoms with Gasteiger partial charge in [-0.15, -0.1) is 0 Å². The molecule has 168 valence electrons. The summed E-state index contributed by atoms with van der Waals surface area (Å²) in [5, 5.41) is 2.77. The van der Waals surface area contributed by atoms with Crippen LogP contribution in [-0.2, 0) is 11.1 Å². The van der Waals surface area contributed by atoms with Gasteiger partial charge in [0.2, 0.25) is 0 Å². The van der Waals surface area contributed by atoms with Crippen LogP contribution in [0.4, 0.5) is 11.5 Å². The number of nitrogens with one attached hydrogen (secondary N) is 1. The van der Waals surface area contributed by atoms with E-state index in [0.29, 0.717) is 5.82 Å². The van der Waals surface area contributed by atoms with Crippen molar-refractivity contribution >= 4 is 22.6 Å². The van der Waals surface area contributed by atoms with E-state index in [1.165, 1.54) is 19.2 Å². The molecule has 0 spiro atoms. The minimum absolute atomic E-state index is 0.538. The first-order valence-corrected chi connectivity index (χ1v) is 12.0. The zero-order valence-electron chi connectivity index (χ0n) is 18.1. The van der Waals surface area contributed by atoms with Crippen LogP contribution in [0.2, 0.25) is 0 Å². The first-order chi connectivity index (χ1) is 15.7. The molecule has 2 N–H and O–H groups in total. The van der Waals surface area contributed by atoms with E-state index in [2.05, 4.69) is 20.2 Å². The standard InChI is InChI=1S/C24H28N4O3S/c1-31-22-12-5-4-11-20(22)21-16-23(26-17-25-21)27-19-10-8-9-18(15-19)24(32(29)30)28-13-6-2-3-7-14-28/h4-5,8-12,15-17,24H,2-3,6-7,13-14H2,1H3,(H,29,30)(H,25,26,27). The summed E-state index contributed by atoms with van der Waals surface area (Å²) in [5.74, 6) is 1.37. The molecule has 0 aliphatic carbocycles. The number of likely N-dealkylation sites (tertiary alicyclic amines) is 1. The van der Waals surface area contributed by atoms with Crippen molar-refractivity contribution in [3.05, 3.63) is 66.5 Å². The maximum Gasteiger partial charge on any atom is 0.175 e. The molecular formula is C24H28N4O3S. The summed E-state index contributed by atoms with van der Waals surface area (Å²) in [5.41, 5.74) is 3.25. The Morgan fingerprint density at radius 2 is 1.81 bits per heavy atom. The minimum Gasteiger partial charge on any atom is -0.496 e. The maximum absolute atomic E-state index is 12.3. The van der Waals surface area contributed by atoms with Gasteiger partial charge in [0, 0.05) is 17.3 Å². The molecule has 4 rings (SSSR count).